The van der Waals surface area contributed by atoms with Crippen molar-refractivity contribution in [3.63, 3.8) is 0 Å². The maximum atomic E-state index is 15.2. The molecule has 2 aromatic carbocycles. The monoisotopic (exact) mass is 476 g/mol. The average Bonchev–Trinajstić information content (AvgIpc) is 3.15. The third-order valence-corrected chi connectivity index (χ3v) is 7.03. The summed E-state index contributed by atoms with van der Waals surface area (Å²) in [4.78, 5) is 32.7. The molecule has 8 heteroatoms. The molecule has 0 unspecified atom stereocenters. The van der Waals surface area contributed by atoms with Gasteiger partial charge in [0.05, 0.1) is 16.1 Å². The van der Waals surface area contributed by atoms with Crippen molar-refractivity contribution < 1.29 is 14.0 Å². The van der Waals surface area contributed by atoms with E-state index in [2.05, 4.69) is 27.0 Å². The van der Waals surface area contributed by atoms with Gasteiger partial charge < -0.3 is 4.90 Å². The van der Waals surface area contributed by atoms with Crippen LogP contribution in [0.5, 0.6) is 0 Å². The standard InChI is InChI=1S/C26H25FN4O2S/c1-2-9-30-10-12-31(13-11-30)23-6-4-18(16-21(23)27)19-7-8-28-22-5-3-17(14-20(19)22)15-24-25(32)29-26(33)34-24/h3-8,14-16H,2,9-13H2,1H3,(H,29,32,33). The minimum Gasteiger partial charge on any atom is -0.367 e. The van der Waals surface area contributed by atoms with Gasteiger partial charge in [-0.3, -0.25) is 24.8 Å². The fraction of sp³-hybridized carbons (Fsp3) is 0.269. The molecule has 0 radical (unpaired) electrons. The average molecular weight is 477 g/mol. The summed E-state index contributed by atoms with van der Waals surface area (Å²) in [6.45, 7) is 6.80. The number of nitrogens with zero attached hydrogens (tertiary/aromatic N) is 3. The summed E-state index contributed by atoms with van der Waals surface area (Å²) in [5, 5.41) is 2.75. The van der Waals surface area contributed by atoms with E-state index in [9.17, 15) is 9.59 Å². The SMILES string of the molecule is CCCN1CCN(c2ccc(-c3ccnc4ccc(C=C5SC(=O)NC5=O)cc34)cc2F)CC1. The number of amides is 2. The summed E-state index contributed by atoms with van der Waals surface area (Å²) in [7, 11) is 0. The summed E-state index contributed by atoms with van der Waals surface area (Å²) in [6, 6.07) is 12.9. The molecule has 1 N–H and O–H groups in total. The Kier molecular flexibility index (Phi) is 6.34. The molecule has 6 nitrogen and oxygen atoms in total. The zero-order valence-electron chi connectivity index (χ0n) is 18.9. The van der Waals surface area contributed by atoms with Crippen molar-refractivity contribution in [1.29, 1.82) is 0 Å². The van der Waals surface area contributed by atoms with Gasteiger partial charge in [0.25, 0.3) is 11.1 Å². The van der Waals surface area contributed by atoms with Crippen LogP contribution in [-0.2, 0) is 4.79 Å². The maximum absolute atomic E-state index is 15.2. The van der Waals surface area contributed by atoms with E-state index < -0.39 is 5.91 Å². The molecule has 34 heavy (non-hydrogen) atoms. The van der Waals surface area contributed by atoms with Crippen molar-refractivity contribution in [2.24, 2.45) is 0 Å². The topological polar surface area (TPSA) is 65.5 Å². The lowest BCUT2D eigenvalue weighted by molar-refractivity contribution is -0.115. The third-order valence-electron chi connectivity index (χ3n) is 6.22. The predicted molar refractivity (Wildman–Crippen MR) is 135 cm³/mol. The Bertz CT molecular complexity index is 1300. The molecule has 2 aliphatic rings. The van der Waals surface area contributed by atoms with Crippen molar-refractivity contribution in [3.05, 3.63) is 64.9 Å². The summed E-state index contributed by atoms with van der Waals surface area (Å²) >= 11 is 0.883. The number of hydrogen-bond acceptors (Lipinski definition) is 6. The molecule has 3 heterocycles. The summed E-state index contributed by atoms with van der Waals surface area (Å²) < 4.78 is 15.2. The Balaban J connectivity index is 1.45. The zero-order valence-corrected chi connectivity index (χ0v) is 19.7. The highest BCUT2D eigenvalue weighted by Gasteiger charge is 2.25. The quantitative estimate of drug-likeness (QED) is 0.529. The van der Waals surface area contributed by atoms with E-state index in [1.165, 1.54) is 0 Å². The minimum absolute atomic E-state index is 0.234. The highest BCUT2D eigenvalue weighted by Crippen LogP contribution is 2.33. The van der Waals surface area contributed by atoms with E-state index >= 15 is 4.39 Å². The van der Waals surface area contributed by atoms with Crippen LogP contribution in [0.3, 0.4) is 0 Å². The van der Waals surface area contributed by atoms with Crippen molar-refractivity contribution >= 4 is 45.6 Å². The number of nitrogens with one attached hydrogen (secondary N) is 1. The molecule has 1 aromatic heterocycles. The first-order chi connectivity index (χ1) is 16.5. The van der Waals surface area contributed by atoms with Gasteiger partial charge in [-0.2, -0.15) is 0 Å². The summed E-state index contributed by atoms with van der Waals surface area (Å²) in [6.07, 6.45) is 4.53. The second kappa shape index (κ2) is 9.56. The van der Waals surface area contributed by atoms with Gasteiger partial charge in [0, 0.05) is 37.8 Å². The van der Waals surface area contributed by atoms with Crippen LogP contribution in [0.15, 0.2) is 53.6 Å². The van der Waals surface area contributed by atoms with Crippen LogP contribution < -0.4 is 10.2 Å². The highest BCUT2D eigenvalue weighted by atomic mass is 32.2. The Morgan fingerprint density at radius 2 is 1.91 bits per heavy atom. The van der Waals surface area contributed by atoms with Crippen molar-refractivity contribution in [2.45, 2.75) is 13.3 Å². The zero-order chi connectivity index (χ0) is 23.7. The summed E-state index contributed by atoms with van der Waals surface area (Å²) in [5.41, 5.74) is 3.82. The molecule has 0 spiro atoms. The van der Waals surface area contributed by atoms with E-state index in [0.29, 0.717) is 10.6 Å². The van der Waals surface area contributed by atoms with Crippen LogP contribution in [0.2, 0.25) is 0 Å². The van der Waals surface area contributed by atoms with E-state index in [4.69, 9.17) is 0 Å². The number of aromatic nitrogens is 1. The van der Waals surface area contributed by atoms with Gasteiger partial charge in [0.15, 0.2) is 0 Å². The van der Waals surface area contributed by atoms with Crippen LogP contribution in [-0.4, -0.2) is 53.8 Å². The molecule has 0 bridgehead atoms. The number of carbonyl (C=O) groups excluding carboxylic acids is 2. The summed E-state index contributed by atoms with van der Waals surface area (Å²) in [5.74, 6) is -0.628. The van der Waals surface area contributed by atoms with Crippen molar-refractivity contribution in [1.82, 2.24) is 15.2 Å². The Hall–Kier alpha value is -3.23. The fourth-order valence-corrected chi connectivity index (χ4v) is 5.22. The van der Waals surface area contributed by atoms with E-state index in [1.54, 1.807) is 18.3 Å². The van der Waals surface area contributed by atoms with Crippen LogP contribution in [0, 0.1) is 5.82 Å². The number of piperazine rings is 1. The van der Waals surface area contributed by atoms with Crippen LogP contribution in [0.4, 0.5) is 14.9 Å². The number of thioether (sulfide) groups is 1. The van der Waals surface area contributed by atoms with Gasteiger partial charge >= 0.3 is 0 Å². The minimum atomic E-state index is -0.394. The third kappa shape index (κ3) is 4.56. The lowest BCUT2D eigenvalue weighted by atomic mass is 9.99. The Morgan fingerprint density at radius 1 is 1.09 bits per heavy atom. The molecule has 0 saturated carbocycles. The lowest BCUT2D eigenvalue weighted by Crippen LogP contribution is -2.46. The van der Waals surface area contributed by atoms with Gasteiger partial charge in [-0.1, -0.05) is 19.1 Å². The second-order valence-electron chi connectivity index (χ2n) is 8.48. The van der Waals surface area contributed by atoms with Gasteiger partial charge in [-0.25, -0.2) is 4.39 Å². The number of halogens is 1. The molecule has 2 saturated heterocycles. The van der Waals surface area contributed by atoms with Gasteiger partial charge in [-0.05, 0) is 77.8 Å². The Morgan fingerprint density at radius 3 is 2.62 bits per heavy atom. The number of pyridine rings is 1. The molecule has 2 amide bonds. The maximum Gasteiger partial charge on any atom is 0.290 e. The molecule has 2 aliphatic heterocycles. The predicted octanol–water partition coefficient (Wildman–Crippen LogP) is 4.90. The van der Waals surface area contributed by atoms with E-state index in [1.807, 2.05) is 36.4 Å². The number of hydrogen-bond donors (Lipinski definition) is 1. The first-order valence-electron chi connectivity index (χ1n) is 11.4. The second-order valence-corrected chi connectivity index (χ2v) is 9.50. The lowest BCUT2D eigenvalue weighted by Gasteiger charge is -2.36. The van der Waals surface area contributed by atoms with Crippen LogP contribution in [0.25, 0.3) is 28.1 Å². The number of imide groups is 1. The normalized spacial score (nSPS) is 18.2. The number of carbonyl (C=O) groups is 2. The van der Waals surface area contributed by atoms with Gasteiger partial charge in [-0.15, -0.1) is 0 Å². The molecule has 0 atom stereocenters. The highest BCUT2D eigenvalue weighted by molar-refractivity contribution is 8.18. The van der Waals surface area contributed by atoms with Gasteiger partial charge in [0.1, 0.15) is 5.82 Å². The largest absolute Gasteiger partial charge is 0.367 e. The van der Waals surface area contributed by atoms with E-state index in [0.717, 1.165) is 78.5 Å². The van der Waals surface area contributed by atoms with Crippen LogP contribution >= 0.6 is 11.8 Å². The first kappa shape index (κ1) is 22.6. The molecular weight excluding hydrogens is 451 g/mol. The van der Waals surface area contributed by atoms with E-state index in [-0.39, 0.29) is 11.1 Å². The van der Waals surface area contributed by atoms with Crippen molar-refractivity contribution in [3.8, 4) is 11.1 Å². The molecule has 0 aliphatic carbocycles. The number of benzene rings is 2. The molecule has 5 rings (SSSR count). The molecule has 174 valence electrons. The number of fused-ring (bicyclic) bond motifs is 1. The fourth-order valence-electron chi connectivity index (χ4n) is 4.54. The van der Waals surface area contributed by atoms with Crippen molar-refractivity contribution in [2.75, 3.05) is 37.6 Å². The van der Waals surface area contributed by atoms with Crippen LogP contribution in [0.1, 0.15) is 18.9 Å². The smallest absolute Gasteiger partial charge is 0.290 e. The number of rotatable bonds is 5. The Labute approximate surface area is 201 Å². The first-order valence-corrected chi connectivity index (χ1v) is 12.2. The molecule has 2 fully saturated rings. The molecule has 3 aromatic rings. The number of anilines is 1. The van der Waals surface area contributed by atoms with Gasteiger partial charge in [0.2, 0.25) is 0 Å². The molecular formula is C26H25FN4O2S.